The molecule has 31 heavy (non-hydrogen) atoms. The zero-order valence-electron chi connectivity index (χ0n) is 19.6. The smallest absolute Gasteiger partial charge is 0.242 e. The van der Waals surface area contributed by atoms with E-state index in [2.05, 4.69) is 21.8 Å². The molecule has 2 aliphatic rings. The van der Waals surface area contributed by atoms with Gasteiger partial charge >= 0.3 is 0 Å². The maximum absolute atomic E-state index is 12.9. The summed E-state index contributed by atoms with van der Waals surface area (Å²) in [6, 6.07) is 0. The van der Waals surface area contributed by atoms with Crippen molar-refractivity contribution in [1.29, 1.82) is 0 Å². The Bertz CT molecular complexity index is 924. The summed E-state index contributed by atoms with van der Waals surface area (Å²) < 4.78 is 7.22. The Morgan fingerprint density at radius 3 is 2.48 bits per heavy atom. The number of hydrogen-bond donors (Lipinski definition) is 0. The number of carbonyl (C=O) groups is 1. The monoisotopic (exact) mass is 427 g/mol. The fraction of sp³-hybridized carbons (Fsp3) is 0.708. The summed E-state index contributed by atoms with van der Waals surface area (Å²) in [7, 11) is 3.52. The third-order valence-electron chi connectivity index (χ3n) is 7.27. The highest BCUT2D eigenvalue weighted by Gasteiger charge is 2.24. The first-order chi connectivity index (χ1) is 15.0. The van der Waals surface area contributed by atoms with E-state index < -0.39 is 0 Å². The predicted octanol–water partition coefficient (Wildman–Crippen LogP) is 3.25. The van der Waals surface area contributed by atoms with Crippen molar-refractivity contribution in [2.45, 2.75) is 58.8 Å². The summed E-state index contributed by atoms with van der Waals surface area (Å²) >= 11 is 0. The SMILES string of the molecule is COc1nn(C)c2nc(C)c(CCC(=O)N3CCN(CC4CCCCC4)CC3)c(C)c12. The number of methoxy groups -OCH3 is 1. The molecule has 170 valence electrons. The Morgan fingerprint density at radius 1 is 1.10 bits per heavy atom. The van der Waals surface area contributed by atoms with Crippen LogP contribution in [-0.2, 0) is 18.3 Å². The predicted molar refractivity (Wildman–Crippen MR) is 122 cm³/mol. The van der Waals surface area contributed by atoms with Gasteiger partial charge in [0.25, 0.3) is 0 Å². The van der Waals surface area contributed by atoms with Crippen molar-refractivity contribution in [2.24, 2.45) is 13.0 Å². The molecule has 2 aromatic rings. The largest absolute Gasteiger partial charge is 0.479 e. The maximum Gasteiger partial charge on any atom is 0.242 e. The number of piperazine rings is 1. The Hall–Kier alpha value is -2.15. The standard InChI is InChI=1S/C24H37N5O2/c1-17-20(18(2)25-23-22(17)24(31-4)26-27(23)3)10-11-21(30)29-14-12-28(13-15-29)16-19-8-6-5-7-9-19/h19H,5-16H2,1-4H3. The minimum atomic E-state index is 0.259. The topological polar surface area (TPSA) is 63.5 Å². The molecular formula is C24H37N5O2. The van der Waals surface area contributed by atoms with E-state index in [1.807, 2.05) is 14.0 Å². The van der Waals surface area contributed by atoms with Gasteiger partial charge in [0.15, 0.2) is 5.65 Å². The number of ether oxygens (including phenoxy) is 1. The van der Waals surface area contributed by atoms with E-state index in [1.54, 1.807) is 11.8 Å². The van der Waals surface area contributed by atoms with Gasteiger partial charge in [0.05, 0.1) is 12.5 Å². The van der Waals surface area contributed by atoms with Crippen molar-refractivity contribution in [3.05, 3.63) is 16.8 Å². The highest BCUT2D eigenvalue weighted by molar-refractivity contribution is 5.86. The number of carbonyl (C=O) groups excluding carboxylic acids is 1. The van der Waals surface area contributed by atoms with Crippen LogP contribution in [0.1, 0.15) is 55.3 Å². The number of aromatic nitrogens is 3. The summed E-state index contributed by atoms with van der Waals surface area (Å²) in [4.78, 5) is 22.3. The zero-order chi connectivity index (χ0) is 22.0. The molecule has 1 saturated heterocycles. The first-order valence-electron chi connectivity index (χ1n) is 11.8. The summed E-state index contributed by atoms with van der Waals surface area (Å²) in [5.41, 5.74) is 4.07. The first-order valence-corrected chi connectivity index (χ1v) is 11.8. The Labute approximate surface area is 185 Å². The molecular weight excluding hydrogens is 390 g/mol. The first kappa shape index (κ1) is 22.1. The highest BCUT2D eigenvalue weighted by Crippen LogP contribution is 2.30. The summed E-state index contributed by atoms with van der Waals surface area (Å²) in [6.45, 7) is 9.08. The molecule has 7 nitrogen and oxygen atoms in total. The van der Waals surface area contributed by atoms with Gasteiger partial charge in [0, 0.05) is 51.9 Å². The minimum absolute atomic E-state index is 0.259. The van der Waals surface area contributed by atoms with Gasteiger partial charge in [-0.15, -0.1) is 5.10 Å². The molecule has 3 heterocycles. The van der Waals surface area contributed by atoms with Crippen molar-refractivity contribution in [1.82, 2.24) is 24.6 Å². The Morgan fingerprint density at radius 2 is 1.81 bits per heavy atom. The van der Waals surface area contributed by atoms with Crippen LogP contribution in [0, 0.1) is 19.8 Å². The third kappa shape index (κ3) is 4.71. The lowest BCUT2D eigenvalue weighted by Crippen LogP contribution is -2.49. The van der Waals surface area contributed by atoms with E-state index in [-0.39, 0.29) is 5.91 Å². The van der Waals surface area contributed by atoms with Gasteiger partial charge in [-0.2, -0.15) is 0 Å². The lowest BCUT2D eigenvalue weighted by atomic mass is 9.89. The average Bonchev–Trinajstić information content (AvgIpc) is 3.10. The van der Waals surface area contributed by atoms with Crippen molar-refractivity contribution >= 4 is 16.9 Å². The molecule has 4 rings (SSSR count). The lowest BCUT2D eigenvalue weighted by Gasteiger charge is -2.37. The summed E-state index contributed by atoms with van der Waals surface area (Å²) in [5, 5.41) is 5.37. The third-order valence-corrected chi connectivity index (χ3v) is 7.27. The zero-order valence-corrected chi connectivity index (χ0v) is 19.6. The number of pyridine rings is 1. The summed E-state index contributed by atoms with van der Waals surface area (Å²) in [6.07, 6.45) is 8.21. The maximum atomic E-state index is 12.9. The second-order valence-corrected chi connectivity index (χ2v) is 9.32. The molecule has 1 saturated carbocycles. The van der Waals surface area contributed by atoms with Crippen LogP contribution in [0.25, 0.3) is 11.0 Å². The molecule has 1 aliphatic heterocycles. The number of aryl methyl sites for hydroxylation is 3. The van der Waals surface area contributed by atoms with Crippen LogP contribution in [0.5, 0.6) is 5.88 Å². The van der Waals surface area contributed by atoms with Gasteiger partial charge in [0.2, 0.25) is 11.8 Å². The Balaban J connectivity index is 1.34. The Kier molecular flexibility index (Phi) is 6.80. The fourth-order valence-electron chi connectivity index (χ4n) is 5.41. The number of rotatable bonds is 6. The van der Waals surface area contributed by atoms with Crippen LogP contribution in [0.15, 0.2) is 0 Å². The van der Waals surface area contributed by atoms with Crippen LogP contribution >= 0.6 is 0 Å². The quantitative estimate of drug-likeness (QED) is 0.708. The number of fused-ring (bicyclic) bond motifs is 1. The van der Waals surface area contributed by atoms with E-state index >= 15 is 0 Å². The molecule has 0 unspecified atom stereocenters. The van der Waals surface area contributed by atoms with Gasteiger partial charge in [-0.1, -0.05) is 19.3 Å². The summed E-state index contributed by atoms with van der Waals surface area (Å²) in [5.74, 6) is 1.73. The molecule has 1 aliphatic carbocycles. The lowest BCUT2D eigenvalue weighted by molar-refractivity contribution is -0.133. The second-order valence-electron chi connectivity index (χ2n) is 9.32. The number of hydrogen-bond acceptors (Lipinski definition) is 5. The molecule has 2 aromatic heterocycles. The van der Waals surface area contributed by atoms with Crippen LogP contribution in [0.2, 0.25) is 0 Å². The number of nitrogens with zero attached hydrogens (tertiary/aromatic N) is 5. The molecule has 0 atom stereocenters. The second kappa shape index (κ2) is 9.55. The molecule has 0 radical (unpaired) electrons. The van der Waals surface area contributed by atoms with E-state index in [9.17, 15) is 4.79 Å². The van der Waals surface area contributed by atoms with Crippen molar-refractivity contribution < 1.29 is 9.53 Å². The van der Waals surface area contributed by atoms with Gasteiger partial charge in [-0.3, -0.25) is 9.69 Å². The van der Waals surface area contributed by atoms with Crippen LogP contribution in [0.3, 0.4) is 0 Å². The molecule has 7 heteroatoms. The molecule has 2 fully saturated rings. The van der Waals surface area contributed by atoms with E-state index in [1.165, 1.54) is 38.6 Å². The normalized spacial score (nSPS) is 18.6. The van der Waals surface area contributed by atoms with Gasteiger partial charge in [-0.25, -0.2) is 9.67 Å². The molecule has 0 spiro atoms. The minimum Gasteiger partial charge on any atom is -0.479 e. The van der Waals surface area contributed by atoms with Crippen LogP contribution in [0.4, 0.5) is 0 Å². The van der Waals surface area contributed by atoms with Crippen LogP contribution in [-0.4, -0.2) is 70.3 Å². The van der Waals surface area contributed by atoms with Crippen molar-refractivity contribution in [3.8, 4) is 5.88 Å². The van der Waals surface area contributed by atoms with Gasteiger partial charge < -0.3 is 9.64 Å². The van der Waals surface area contributed by atoms with Crippen molar-refractivity contribution in [3.63, 3.8) is 0 Å². The van der Waals surface area contributed by atoms with Crippen LogP contribution < -0.4 is 4.74 Å². The highest BCUT2D eigenvalue weighted by atomic mass is 16.5. The fourth-order valence-corrected chi connectivity index (χ4v) is 5.41. The molecule has 1 amide bonds. The van der Waals surface area contributed by atoms with E-state index in [0.717, 1.165) is 60.0 Å². The molecule has 0 aromatic carbocycles. The van der Waals surface area contributed by atoms with Gasteiger partial charge in [-0.05, 0) is 50.2 Å². The number of amides is 1. The van der Waals surface area contributed by atoms with E-state index in [4.69, 9.17) is 9.72 Å². The van der Waals surface area contributed by atoms with E-state index in [0.29, 0.717) is 18.7 Å². The molecule has 0 N–H and O–H groups in total. The average molecular weight is 428 g/mol. The van der Waals surface area contributed by atoms with Gasteiger partial charge in [0.1, 0.15) is 0 Å². The van der Waals surface area contributed by atoms with Crippen molar-refractivity contribution in [2.75, 3.05) is 39.8 Å². The molecule has 0 bridgehead atoms.